The van der Waals surface area contributed by atoms with Crippen LogP contribution in [0.2, 0.25) is 0 Å². The molecule has 0 radical (unpaired) electrons. The van der Waals surface area contributed by atoms with Gasteiger partial charge in [0, 0.05) is 11.4 Å². The van der Waals surface area contributed by atoms with E-state index in [4.69, 9.17) is 4.74 Å². The van der Waals surface area contributed by atoms with E-state index in [0.717, 1.165) is 22.7 Å². The molecular weight excluding hydrogens is 288 g/mol. The molecule has 0 aliphatic heterocycles. The number of carbonyl (C=O) groups is 1. The van der Waals surface area contributed by atoms with Crippen molar-refractivity contribution in [2.24, 2.45) is 0 Å². The van der Waals surface area contributed by atoms with E-state index in [1.807, 2.05) is 30.3 Å². The number of hydrogen-bond donors (Lipinski definition) is 2. The molecule has 4 nitrogen and oxygen atoms in total. The number of amides is 1. The Morgan fingerprint density at radius 1 is 1.13 bits per heavy atom. The van der Waals surface area contributed by atoms with E-state index < -0.39 is 0 Å². The lowest BCUT2D eigenvalue weighted by atomic mass is 9.98. The Hall–Kier alpha value is -2.49. The molecule has 0 saturated heterocycles. The van der Waals surface area contributed by atoms with E-state index in [1.165, 1.54) is 5.56 Å². The maximum absolute atomic E-state index is 12.1. The molecule has 0 bridgehead atoms. The summed E-state index contributed by atoms with van der Waals surface area (Å²) in [5.41, 5.74) is 4.18. The van der Waals surface area contributed by atoms with Crippen molar-refractivity contribution >= 4 is 17.3 Å². The molecule has 122 valence electrons. The summed E-state index contributed by atoms with van der Waals surface area (Å²) in [4.78, 5) is 12.1. The Labute approximate surface area is 137 Å². The van der Waals surface area contributed by atoms with Crippen molar-refractivity contribution in [3.05, 3.63) is 53.6 Å². The summed E-state index contributed by atoms with van der Waals surface area (Å²) in [6.45, 7) is 6.58. The van der Waals surface area contributed by atoms with Gasteiger partial charge in [-0.05, 0) is 48.2 Å². The average molecular weight is 312 g/mol. The Balaban J connectivity index is 1.99. The lowest BCUT2D eigenvalue weighted by molar-refractivity contribution is -0.114. The zero-order valence-corrected chi connectivity index (χ0v) is 14.1. The van der Waals surface area contributed by atoms with Crippen LogP contribution in [0, 0.1) is 6.92 Å². The van der Waals surface area contributed by atoms with Crippen LogP contribution in [0.3, 0.4) is 0 Å². The number of anilines is 2. The zero-order valence-electron chi connectivity index (χ0n) is 14.1. The highest BCUT2D eigenvalue weighted by molar-refractivity contribution is 5.94. The smallest absolute Gasteiger partial charge is 0.243 e. The molecule has 4 heteroatoms. The molecule has 2 aromatic rings. The second-order valence-electron chi connectivity index (χ2n) is 5.82. The molecule has 2 rings (SSSR count). The number of benzene rings is 2. The summed E-state index contributed by atoms with van der Waals surface area (Å²) in [5, 5.41) is 6.14. The van der Waals surface area contributed by atoms with E-state index in [9.17, 15) is 4.79 Å². The van der Waals surface area contributed by atoms with Crippen molar-refractivity contribution in [1.82, 2.24) is 0 Å². The van der Waals surface area contributed by atoms with Crippen LogP contribution in [-0.2, 0) is 4.79 Å². The first kappa shape index (κ1) is 16.9. The third-order valence-corrected chi connectivity index (χ3v) is 3.73. The van der Waals surface area contributed by atoms with E-state index in [2.05, 4.69) is 43.5 Å². The Morgan fingerprint density at radius 3 is 2.43 bits per heavy atom. The number of carbonyl (C=O) groups excluding carboxylic acids is 1. The molecule has 2 N–H and O–H groups in total. The molecule has 0 saturated carbocycles. The number of para-hydroxylation sites is 1. The minimum atomic E-state index is -0.0758. The molecular formula is C19H24N2O2. The van der Waals surface area contributed by atoms with Crippen LogP contribution < -0.4 is 15.4 Å². The second kappa shape index (κ2) is 7.68. The Kier molecular flexibility index (Phi) is 5.63. The van der Waals surface area contributed by atoms with Gasteiger partial charge in [0.15, 0.2) is 0 Å². The fourth-order valence-electron chi connectivity index (χ4n) is 2.46. The topological polar surface area (TPSA) is 50.4 Å². The van der Waals surface area contributed by atoms with Crippen LogP contribution >= 0.6 is 0 Å². The van der Waals surface area contributed by atoms with Crippen molar-refractivity contribution in [3.63, 3.8) is 0 Å². The summed E-state index contributed by atoms with van der Waals surface area (Å²) < 4.78 is 5.10. The molecule has 0 unspecified atom stereocenters. The van der Waals surface area contributed by atoms with Crippen LogP contribution in [-0.4, -0.2) is 19.6 Å². The number of rotatable bonds is 6. The maximum Gasteiger partial charge on any atom is 0.243 e. The van der Waals surface area contributed by atoms with Gasteiger partial charge in [-0.15, -0.1) is 0 Å². The van der Waals surface area contributed by atoms with Gasteiger partial charge in [-0.1, -0.05) is 32.0 Å². The highest BCUT2D eigenvalue weighted by atomic mass is 16.5. The van der Waals surface area contributed by atoms with E-state index in [-0.39, 0.29) is 12.5 Å². The van der Waals surface area contributed by atoms with Gasteiger partial charge in [0.1, 0.15) is 5.75 Å². The van der Waals surface area contributed by atoms with Gasteiger partial charge in [-0.3, -0.25) is 4.79 Å². The second-order valence-corrected chi connectivity index (χ2v) is 5.82. The molecule has 0 aliphatic rings. The number of ether oxygens (including phenoxy) is 1. The Bertz CT molecular complexity index is 664. The standard InChI is InChI=1S/C19H24N2O2/c1-13(2)17-7-5-6-14(3)19(17)20-12-18(22)21-15-8-10-16(23-4)11-9-15/h5-11,13,20H,12H2,1-4H3,(H,21,22). The summed E-state index contributed by atoms with van der Waals surface area (Å²) in [7, 11) is 1.62. The van der Waals surface area contributed by atoms with Crippen LogP contribution in [0.25, 0.3) is 0 Å². The number of hydrogen-bond acceptors (Lipinski definition) is 3. The van der Waals surface area contributed by atoms with Crippen LogP contribution in [0.1, 0.15) is 30.9 Å². The van der Waals surface area contributed by atoms with Gasteiger partial charge in [-0.2, -0.15) is 0 Å². The first-order valence-electron chi connectivity index (χ1n) is 7.78. The fraction of sp³-hybridized carbons (Fsp3) is 0.316. The molecule has 0 spiro atoms. The first-order chi connectivity index (χ1) is 11.0. The van der Waals surface area contributed by atoms with Crippen molar-refractivity contribution in [2.45, 2.75) is 26.7 Å². The molecule has 0 heterocycles. The lowest BCUT2D eigenvalue weighted by Crippen LogP contribution is -2.22. The maximum atomic E-state index is 12.1. The SMILES string of the molecule is COc1ccc(NC(=O)CNc2c(C)cccc2C(C)C)cc1. The van der Waals surface area contributed by atoms with E-state index >= 15 is 0 Å². The number of nitrogens with one attached hydrogen (secondary N) is 2. The minimum Gasteiger partial charge on any atom is -0.497 e. The van der Waals surface area contributed by atoms with Crippen molar-refractivity contribution < 1.29 is 9.53 Å². The normalized spacial score (nSPS) is 10.5. The third-order valence-electron chi connectivity index (χ3n) is 3.73. The monoisotopic (exact) mass is 312 g/mol. The summed E-state index contributed by atoms with van der Waals surface area (Å²) in [5.74, 6) is 1.10. The van der Waals surface area contributed by atoms with Crippen molar-refractivity contribution in [3.8, 4) is 5.75 Å². The molecule has 2 aromatic carbocycles. The van der Waals surface area contributed by atoms with Gasteiger partial charge in [0.05, 0.1) is 13.7 Å². The molecule has 0 fully saturated rings. The van der Waals surface area contributed by atoms with Gasteiger partial charge in [0.25, 0.3) is 0 Å². The summed E-state index contributed by atoms with van der Waals surface area (Å²) in [6, 6.07) is 13.5. The van der Waals surface area contributed by atoms with Gasteiger partial charge in [-0.25, -0.2) is 0 Å². The van der Waals surface area contributed by atoms with Crippen molar-refractivity contribution in [2.75, 3.05) is 24.3 Å². The highest BCUT2D eigenvalue weighted by Gasteiger charge is 2.10. The predicted octanol–water partition coefficient (Wildman–Crippen LogP) is 4.18. The molecule has 1 amide bonds. The van der Waals surface area contributed by atoms with Gasteiger partial charge >= 0.3 is 0 Å². The molecule has 0 aliphatic carbocycles. The zero-order chi connectivity index (χ0) is 16.8. The molecule has 0 aromatic heterocycles. The highest BCUT2D eigenvalue weighted by Crippen LogP contribution is 2.27. The number of aryl methyl sites for hydroxylation is 1. The first-order valence-corrected chi connectivity index (χ1v) is 7.78. The van der Waals surface area contributed by atoms with Crippen LogP contribution in [0.15, 0.2) is 42.5 Å². The largest absolute Gasteiger partial charge is 0.497 e. The summed E-state index contributed by atoms with van der Waals surface area (Å²) in [6.07, 6.45) is 0. The quantitative estimate of drug-likeness (QED) is 0.841. The Morgan fingerprint density at radius 2 is 1.83 bits per heavy atom. The average Bonchev–Trinajstić information content (AvgIpc) is 2.54. The van der Waals surface area contributed by atoms with Crippen LogP contribution in [0.5, 0.6) is 5.75 Å². The van der Waals surface area contributed by atoms with E-state index in [1.54, 1.807) is 7.11 Å². The molecule has 0 atom stereocenters. The fourth-order valence-corrected chi connectivity index (χ4v) is 2.46. The number of methoxy groups -OCH3 is 1. The molecule has 23 heavy (non-hydrogen) atoms. The van der Waals surface area contributed by atoms with Gasteiger partial charge < -0.3 is 15.4 Å². The third kappa shape index (κ3) is 4.49. The predicted molar refractivity (Wildman–Crippen MR) is 95.4 cm³/mol. The van der Waals surface area contributed by atoms with Crippen LogP contribution in [0.4, 0.5) is 11.4 Å². The summed E-state index contributed by atoms with van der Waals surface area (Å²) >= 11 is 0. The van der Waals surface area contributed by atoms with E-state index in [0.29, 0.717) is 5.92 Å². The lowest BCUT2D eigenvalue weighted by Gasteiger charge is -2.17. The van der Waals surface area contributed by atoms with Crippen molar-refractivity contribution in [1.29, 1.82) is 0 Å². The minimum absolute atomic E-state index is 0.0758. The van der Waals surface area contributed by atoms with Gasteiger partial charge in [0.2, 0.25) is 5.91 Å².